The summed E-state index contributed by atoms with van der Waals surface area (Å²) in [6.45, 7) is 0. The number of hydrogen-bond acceptors (Lipinski definition) is 3. The maximum Gasteiger partial charge on any atom is 0.204 e. The maximum absolute atomic E-state index is 6.18. The van der Waals surface area contributed by atoms with Crippen molar-refractivity contribution in [3.05, 3.63) is 52.5 Å². The molecule has 19 heavy (non-hydrogen) atoms. The molecule has 1 heterocycles. The molecule has 0 amide bonds. The van der Waals surface area contributed by atoms with E-state index in [1.807, 2.05) is 36.4 Å². The molecular weight excluding hydrogens is 283 g/mol. The summed E-state index contributed by atoms with van der Waals surface area (Å²) in [7, 11) is 0. The van der Waals surface area contributed by atoms with Gasteiger partial charge in [-0.1, -0.05) is 53.5 Å². The molecule has 1 aromatic heterocycles. The van der Waals surface area contributed by atoms with E-state index in [2.05, 4.69) is 20.6 Å². The fraction of sp³-hybridized carbons (Fsp3) is 0. The summed E-state index contributed by atoms with van der Waals surface area (Å²) in [5.74, 6) is 0.564. The van der Waals surface area contributed by atoms with Crippen LogP contribution in [0, 0.1) is 0 Å². The minimum atomic E-state index is 0.564. The third-order valence-electron chi connectivity index (χ3n) is 2.73. The van der Waals surface area contributed by atoms with E-state index >= 15 is 0 Å². The predicted molar refractivity (Wildman–Crippen MR) is 75.1 cm³/mol. The Bertz CT molecular complexity index is 693. The first kappa shape index (κ1) is 12.1. The smallest absolute Gasteiger partial charge is 0.177 e. The van der Waals surface area contributed by atoms with Crippen LogP contribution in [-0.4, -0.2) is 20.6 Å². The van der Waals surface area contributed by atoms with Crippen LogP contribution in [-0.2, 0) is 0 Å². The SMILES string of the molecule is Clc1ccc(-c2ccc(-c3nn[nH]n3)cc2)c(Cl)c1. The van der Waals surface area contributed by atoms with E-state index < -0.39 is 0 Å². The Kier molecular flexibility index (Phi) is 3.19. The van der Waals surface area contributed by atoms with Gasteiger partial charge in [0.25, 0.3) is 0 Å². The lowest BCUT2D eigenvalue weighted by Gasteiger charge is -2.05. The first-order chi connectivity index (χ1) is 9.24. The van der Waals surface area contributed by atoms with Gasteiger partial charge >= 0.3 is 0 Å². The van der Waals surface area contributed by atoms with Crippen molar-refractivity contribution in [3.8, 4) is 22.5 Å². The van der Waals surface area contributed by atoms with E-state index in [-0.39, 0.29) is 0 Å². The first-order valence-electron chi connectivity index (χ1n) is 5.53. The molecule has 0 unspecified atom stereocenters. The number of benzene rings is 2. The molecule has 3 aromatic rings. The standard InChI is InChI=1S/C13H8Cl2N4/c14-10-5-6-11(12(15)7-10)8-1-3-9(4-2-8)13-16-18-19-17-13/h1-7H,(H,16,17,18,19). The quantitative estimate of drug-likeness (QED) is 0.780. The van der Waals surface area contributed by atoms with Crippen molar-refractivity contribution < 1.29 is 0 Å². The molecule has 3 rings (SSSR count). The lowest BCUT2D eigenvalue weighted by atomic mass is 10.0. The van der Waals surface area contributed by atoms with Gasteiger partial charge in [-0.15, -0.1) is 10.2 Å². The lowest BCUT2D eigenvalue weighted by molar-refractivity contribution is 0.881. The van der Waals surface area contributed by atoms with E-state index in [0.29, 0.717) is 15.9 Å². The normalized spacial score (nSPS) is 10.6. The van der Waals surface area contributed by atoms with Gasteiger partial charge in [0.1, 0.15) is 0 Å². The molecular formula is C13H8Cl2N4. The van der Waals surface area contributed by atoms with Gasteiger partial charge in [0.2, 0.25) is 5.82 Å². The second-order valence-electron chi connectivity index (χ2n) is 3.94. The average molecular weight is 291 g/mol. The maximum atomic E-state index is 6.18. The molecule has 0 spiro atoms. The van der Waals surface area contributed by atoms with Crippen LogP contribution >= 0.6 is 23.2 Å². The third-order valence-corrected chi connectivity index (χ3v) is 3.28. The van der Waals surface area contributed by atoms with Crippen LogP contribution in [0.1, 0.15) is 0 Å². The number of aromatic nitrogens is 4. The molecule has 0 aliphatic heterocycles. The van der Waals surface area contributed by atoms with Crippen LogP contribution in [0.2, 0.25) is 10.0 Å². The van der Waals surface area contributed by atoms with E-state index in [1.54, 1.807) is 6.07 Å². The molecule has 0 atom stereocenters. The van der Waals surface area contributed by atoms with E-state index in [4.69, 9.17) is 23.2 Å². The van der Waals surface area contributed by atoms with Gasteiger partial charge in [-0.2, -0.15) is 5.21 Å². The van der Waals surface area contributed by atoms with Crippen molar-refractivity contribution in [3.63, 3.8) is 0 Å². The zero-order valence-electron chi connectivity index (χ0n) is 9.64. The fourth-order valence-electron chi connectivity index (χ4n) is 1.81. The van der Waals surface area contributed by atoms with Gasteiger partial charge in [0.05, 0.1) is 0 Å². The van der Waals surface area contributed by atoms with Gasteiger partial charge in [-0.05, 0) is 22.9 Å². The molecule has 6 heteroatoms. The fourth-order valence-corrected chi connectivity index (χ4v) is 2.32. The number of nitrogens with one attached hydrogen (secondary N) is 1. The molecule has 0 aliphatic rings. The third kappa shape index (κ3) is 2.45. The van der Waals surface area contributed by atoms with Gasteiger partial charge in [0.15, 0.2) is 0 Å². The Morgan fingerprint density at radius 2 is 1.63 bits per heavy atom. The Labute approximate surface area is 119 Å². The number of nitrogens with zero attached hydrogens (tertiary/aromatic N) is 3. The topological polar surface area (TPSA) is 54.5 Å². The molecule has 2 aromatic carbocycles. The highest BCUT2D eigenvalue weighted by Crippen LogP contribution is 2.31. The van der Waals surface area contributed by atoms with Gasteiger partial charge in [0, 0.05) is 21.2 Å². The first-order valence-corrected chi connectivity index (χ1v) is 6.29. The Balaban J connectivity index is 1.98. The van der Waals surface area contributed by atoms with Crippen molar-refractivity contribution >= 4 is 23.2 Å². The highest BCUT2D eigenvalue weighted by atomic mass is 35.5. The zero-order chi connectivity index (χ0) is 13.2. The van der Waals surface area contributed by atoms with E-state index in [0.717, 1.165) is 16.7 Å². The number of halogens is 2. The summed E-state index contributed by atoms with van der Waals surface area (Å²) in [6, 6.07) is 13.2. The van der Waals surface area contributed by atoms with Crippen LogP contribution in [0.5, 0.6) is 0 Å². The summed E-state index contributed by atoms with van der Waals surface area (Å²) in [5, 5.41) is 15.1. The summed E-state index contributed by atoms with van der Waals surface area (Å²) in [6.07, 6.45) is 0. The second-order valence-corrected chi connectivity index (χ2v) is 4.78. The molecule has 0 saturated carbocycles. The summed E-state index contributed by atoms with van der Waals surface area (Å²) in [4.78, 5) is 0. The van der Waals surface area contributed by atoms with Crippen LogP contribution in [0.25, 0.3) is 22.5 Å². The summed E-state index contributed by atoms with van der Waals surface area (Å²) >= 11 is 12.1. The Hall–Kier alpha value is -1.91. The number of aromatic amines is 1. The molecule has 0 bridgehead atoms. The monoisotopic (exact) mass is 290 g/mol. The highest BCUT2D eigenvalue weighted by Gasteiger charge is 2.06. The molecule has 0 aliphatic carbocycles. The van der Waals surface area contributed by atoms with Gasteiger partial charge in [-0.3, -0.25) is 0 Å². The number of hydrogen-bond donors (Lipinski definition) is 1. The second kappa shape index (κ2) is 4.99. The highest BCUT2D eigenvalue weighted by molar-refractivity contribution is 6.36. The van der Waals surface area contributed by atoms with Crippen molar-refractivity contribution in [2.24, 2.45) is 0 Å². The van der Waals surface area contributed by atoms with Gasteiger partial charge in [-0.25, -0.2) is 0 Å². The number of tetrazole rings is 1. The number of rotatable bonds is 2. The summed E-state index contributed by atoms with van der Waals surface area (Å²) in [5.41, 5.74) is 2.84. The molecule has 4 nitrogen and oxygen atoms in total. The van der Waals surface area contributed by atoms with Crippen LogP contribution in [0.3, 0.4) is 0 Å². The minimum absolute atomic E-state index is 0.564. The lowest BCUT2D eigenvalue weighted by Crippen LogP contribution is -1.83. The molecule has 0 radical (unpaired) electrons. The number of H-pyrrole nitrogens is 1. The largest absolute Gasteiger partial charge is 0.204 e. The van der Waals surface area contributed by atoms with Crippen molar-refractivity contribution in [1.82, 2.24) is 20.6 Å². The van der Waals surface area contributed by atoms with Crippen molar-refractivity contribution in [2.75, 3.05) is 0 Å². The van der Waals surface area contributed by atoms with Crippen LogP contribution < -0.4 is 0 Å². The molecule has 1 N–H and O–H groups in total. The zero-order valence-corrected chi connectivity index (χ0v) is 11.2. The molecule has 0 saturated heterocycles. The predicted octanol–water partition coefficient (Wildman–Crippen LogP) is 3.84. The van der Waals surface area contributed by atoms with Crippen LogP contribution in [0.4, 0.5) is 0 Å². The molecule has 0 fully saturated rings. The van der Waals surface area contributed by atoms with Crippen LogP contribution in [0.15, 0.2) is 42.5 Å². The minimum Gasteiger partial charge on any atom is -0.177 e. The Morgan fingerprint density at radius 3 is 2.26 bits per heavy atom. The van der Waals surface area contributed by atoms with E-state index in [9.17, 15) is 0 Å². The summed E-state index contributed by atoms with van der Waals surface area (Å²) < 4.78 is 0. The molecule has 94 valence electrons. The Morgan fingerprint density at radius 1 is 0.895 bits per heavy atom. The van der Waals surface area contributed by atoms with E-state index in [1.165, 1.54) is 0 Å². The van der Waals surface area contributed by atoms with Gasteiger partial charge < -0.3 is 0 Å². The van der Waals surface area contributed by atoms with Crippen molar-refractivity contribution in [2.45, 2.75) is 0 Å². The average Bonchev–Trinajstić information content (AvgIpc) is 2.93. The van der Waals surface area contributed by atoms with Crippen molar-refractivity contribution in [1.29, 1.82) is 0 Å².